The minimum absolute atomic E-state index is 0.306. The summed E-state index contributed by atoms with van der Waals surface area (Å²) in [6, 6.07) is 14.7. The molecule has 0 aliphatic rings. The lowest BCUT2D eigenvalue weighted by atomic mass is 10.0. The van der Waals surface area contributed by atoms with Gasteiger partial charge in [0.25, 0.3) is 0 Å². The van der Waals surface area contributed by atoms with Crippen molar-refractivity contribution >= 4 is 63.7 Å². The third-order valence-corrected chi connectivity index (χ3v) is 4.81. The van der Waals surface area contributed by atoms with E-state index in [2.05, 4.69) is 94.1 Å². The van der Waals surface area contributed by atoms with Crippen LogP contribution in [0.4, 0.5) is 0 Å². The second-order valence-electron chi connectivity index (χ2n) is 4.00. The zero-order valence-electron chi connectivity index (χ0n) is 9.34. The molecule has 0 fully saturated rings. The summed E-state index contributed by atoms with van der Waals surface area (Å²) in [5, 5.41) is 0. The maximum absolute atomic E-state index is 3.76. The van der Waals surface area contributed by atoms with E-state index in [-0.39, 0.29) is 0 Å². The Bertz CT molecular complexity index is 531. The molecule has 0 aromatic heterocycles. The first kappa shape index (κ1) is 14.8. The number of hydrogen-bond acceptors (Lipinski definition) is 0. The van der Waals surface area contributed by atoms with E-state index in [1.54, 1.807) is 0 Å². The highest BCUT2D eigenvalue weighted by Crippen LogP contribution is 2.32. The van der Waals surface area contributed by atoms with E-state index in [9.17, 15) is 0 Å². The molecular weight excluding hydrogens is 488 g/mol. The van der Waals surface area contributed by atoms with E-state index in [0.717, 1.165) is 19.8 Å². The highest BCUT2D eigenvalue weighted by molar-refractivity contribution is 9.11. The standard InChI is InChI=1S/C14H10Br4/c15-11-3-1-2-9(4-11)5-14(18)10-6-12(16)8-13(17)7-10/h1-4,6-8,14H,5H2. The van der Waals surface area contributed by atoms with E-state index < -0.39 is 0 Å². The average Bonchev–Trinajstić information content (AvgIpc) is 2.27. The molecule has 0 saturated heterocycles. The van der Waals surface area contributed by atoms with Gasteiger partial charge in [0.1, 0.15) is 0 Å². The molecule has 0 spiro atoms. The van der Waals surface area contributed by atoms with Crippen molar-refractivity contribution in [2.75, 3.05) is 0 Å². The summed E-state index contributed by atoms with van der Waals surface area (Å²) in [5.41, 5.74) is 2.57. The van der Waals surface area contributed by atoms with Gasteiger partial charge in [0.2, 0.25) is 0 Å². The van der Waals surface area contributed by atoms with Crippen LogP contribution < -0.4 is 0 Å². The predicted molar refractivity (Wildman–Crippen MR) is 91.4 cm³/mol. The van der Waals surface area contributed by atoms with Gasteiger partial charge in [-0.1, -0.05) is 75.9 Å². The number of benzene rings is 2. The van der Waals surface area contributed by atoms with Gasteiger partial charge in [-0.15, -0.1) is 0 Å². The normalized spacial score (nSPS) is 12.4. The fraction of sp³-hybridized carbons (Fsp3) is 0.143. The lowest BCUT2D eigenvalue weighted by Crippen LogP contribution is -1.95. The summed E-state index contributed by atoms with van der Waals surface area (Å²) in [7, 11) is 0. The highest BCUT2D eigenvalue weighted by Gasteiger charge is 2.10. The molecule has 1 atom stereocenters. The first-order valence-corrected chi connectivity index (χ1v) is 8.68. The topological polar surface area (TPSA) is 0 Å². The lowest BCUT2D eigenvalue weighted by Gasteiger charge is -2.12. The molecular formula is C14H10Br4. The number of halogens is 4. The Labute approximate surface area is 141 Å². The van der Waals surface area contributed by atoms with E-state index in [1.165, 1.54) is 11.1 Å². The number of rotatable bonds is 3. The predicted octanol–water partition coefficient (Wildman–Crippen LogP) is 6.65. The second-order valence-corrected chi connectivity index (χ2v) is 7.86. The SMILES string of the molecule is Brc1cccc(CC(Br)c2cc(Br)cc(Br)c2)c1. The van der Waals surface area contributed by atoms with Crippen molar-refractivity contribution in [1.82, 2.24) is 0 Å². The number of alkyl halides is 1. The Morgan fingerprint density at radius 3 is 2.11 bits per heavy atom. The molecule has 2 rings (SSSR count). The molecule has 2 aromatic rings. The molecule has 0 bridgehead atoms. The van der Waals surface area contributed by atoms with Crippen LogP contribution in [-0.2, 0) is 6.42 Å². The van der Waals surface area contributed by atoms with Gasteiger partial charge in [-0.2, -0.15) is 0 Å². The van der Waals surface area contributed by atoms with Crippen LogP contribution in [-0.4, -0.2) is 0 Å². The van der Waals surface area contributed by atoms with Gasteiger partial charge in [-0.05, 0) is 47.9 Å². The van der Waals surface area contributed by atoms with Gasteiger partial charge in [-0.3, -0.25) is 0 Å². The van der Waals surface area contributed by atoms with Crippen molar-refractivity contribution in [3.63, 3.8) is 0 Å². The minimum Gasteiger partial charge on any atom is -0.0835 e. The third-order valence-electron chi connectivity index (χ3n) is 2.55. The van der Waals surface area contributed by atoms with Crippen LogP contribution in [0.15, 0.2) is 55.9 Å². The largest absolute Gasteiger partial charge is 0.0835 e. The summed E-state index contributed by atoms with van der Waals surface area (Å²) in [6.07, 6.45) is 0.961. The van der Waals surface area contributed by atoms with Crippen LogP contribution in [0.2, 0.25) is 0 Å². The van der Waals surface area contributed by atoms with E-state index in [1.807, 2.05) is 12.1 Å². The van der Waals surface area contributed by atoms with E-state index >= 15 is 0 Å². The zero-order valence-corrected chi connectivity index (χ0v) is 15.7. The van der Waals surface area contributed by atoms with E-state index in [0.29, 0.717) is 4.83 Å². The zero-order chi connectivity index (χ0) is 13.1. The molecule has 4 heteroatoms. The van der Waals surface area contributed by atoms with Gasteiger partial charge in [0.05, 0.1) is 0 Å². The van der Waals surface area contributed by atoms with Crippen molar-refractivity contribution in [2.45, 2.75) is 11.2 Å². The van der Waals surface area contributed by atoms with Crippen molar-refractivity contribution in [3.05, 3.63) is 67.0 Å². The molecule has 0 N–H and O–H groups in total. The quantitative estimate of drug-likeness (QED) is 0.416. The smallest absolute Gasteiger partial charge is 0.0436 e. The average molecular weight is 498 g/mol. The summed E-state index contributed by atoms with van der Waals surface area (Å²) in [5.74, 6) is 0. The van der Waals surface area contributed by atoms with Crippen molar-refractivity contribution in [2.24, 2.45) is 0 Å². The van der Waals surface area contributed by atoms with E-state index in [4.69, 9.17) is 0 Å². The summed E-state index contributed by atoms with van der Waals surface area (Å²) >= 11 is 14.3. The van der Waals surface area contributed by atoms with Crippen molar-refractivity contribution < 1.29 is 0 Å². The van der Waals surface area contributed by atoms with Crippen LogP contribution in [0.1, 0.15) is 16.0 Å². The molecule has 0 radical (unpaired) electrons. The second kappa shape index (κ2) is 6.69. The van der Waals surface area contributed by atoms with Crippen molar-refractivity contribution in [3.8, 4) is 0 Å². The molecule has 0 heterocycles. The first-order chi connectivity index (χ1) is 8.54. The molecule has 0 aliphatic carbocycles. The Balaban J connectivity index is 2.19. The van der Waals surface area contributed by atoms with Crippen LogP contribution in [0.5, 0.6) is 0 Å². The lowest BCUT2D eigenvalue weighted by molar-refractivity contribution is 0.946. The van der Waals surface area contributed by atoms with Gasteiger partial charge < -0.3 is 0 Å². The molecule has 2 aromatic carbocycles. The maximum Gasteiger partial charge on any atom is 0.0436 e. The highest BCUT2D eigenvalue weighted by atomic mass is 79.9. The third kappa shape index (κ3) is 4.19. The molecule has 94 valence electrons. The molecule has 1 unspecified atom stereocenters. The fourth-order valence-corrected chi connectivity index (χ4v) is 4.16. The Morgan fingerprint density at radius 1 is 0.833 bits per heavy atom. The molecule has 18 heavy (non-hydrogen) atoms. The van der Waals surface area contributed by atoms with Crippen LogP contribution >= 0.6 is 63.7 Å². The Morgan fingerprint density at radius 2 is 1.50 bits per heavy atom. The van der Waals surface area contributed by atoms with Gasteiger partial charge in [0.15, 0.2) is 0 Å². The molecule has 0 aliphatic heterocycles. The molecule has 0 amide bonds. The monoisotopic (exact) mass is 494 g/mol. The molecule has 0 saturated carbocycles. The fourth-order valence-electron chi connectivity index (χ4n) is 1.74. The first-order valence-electron chi connectivity index (χ1n) is 5.39. The Kier molecular flexibility index (Phi) is 5.48. The van der Waals surface area contributed by atoms with Gasteiger partial charge >= 0.3 is 0 Å². The minimum atomic E-state index is 0.306. The summed E-state index contributed by atoms with van der Waals surface area (Å²) in [4.78, 5) is 0.306. The number of hydrogen-bond donors (Lipinski definition) is 0. The van der Waals surface area contributed by atoms with Crippen LogP contribution in [0, 0.1) is 0 Å². The maximum atomic E-state index is 3.76. The van der Waals surface area contributed by atoms with Gasteiger partial charge in [0, 0.05) is 18.2 Å². The van der Waals surface area contributed by atoms with Crippen LogP contribution in [0.3, 0.4) is 0 Å². The summed E-state index contributed by atoms with van der Waals surface area (Å²) in [6.45, 7) is 0. The van der Waals surface area contributed by atoms with Crippen LogP contribution in [0.25, 0.3) is 0 Å². The summed E-state index contributed by atoms with van der Waals surface area (Å²) < 4.78 is 3.30. The molecule has 0 nitrogen and oxygen atoms in total. The van der Waals surface area contributed by atoms with Gasteiger partial charge in [-0.25, -0.2) is 0 Å². The Hall–Kier alpha value is 0.360. The van der Waals surface area contributed by atoms with Crippen molar-refractivity contribution in [1.29, 1.82) is 0 Å².